The zero-order valence-electron chi connectivity index (χ0n) is 9.26. The van der Waals surface area contributed by atoms with Gasteiger partial charge in [-0.3, -0.25) is 0 Å². The van der Waals surface area contributed by atoms with Crippen LogP contribution < -0.4 is 10.5 Å². The minimum atomic E-state index is 0.703. The third kappa shape index (κ3) is 2.48. The number of aryl methyl sites for hydroxylation is 2. The highest BCUT2D eigenvalue weighted by atomic mass is 16.5. The highest BCUT2D eigenvalue weighted by molar-refractivity contribution is 5.41. The lowest BCUT2D eigenvalue weighted by Crippen LogP contribution is -2.05. The maximum atomic E-state index is 5.54. The van der Waals surface area contributed by atoms with Gasteiger partial charge in [0.1, 0.15) is 5.75 Å². The molecule has 0 saturated heterocycles. The third-order valence-corrected chi connectivity index (χ3v) is 2.35. The minimum Gasteiger partial charge on any atom is -0.494 e. The molecule has 0 radical (unpaired) electrons. The van der Waals surface area contributed by atoms with Gasteiger partial charge in [0.2, 0.25) is 0 Å². The Morgan fingerprint density at radius 2 is 1.93 bits per heavy atom. The summed E-state index contributed by atoms with van der Waals surface area (Å²) in [6, 6.07) is 4.27. The molecule has 2 heteroatoms. The number of nitrogens with two attached hydrogens (primary N) is 1. The third-order valence-electron chi connectivity index (χ3n) is 2.35. The van der Waals surface area contributed by atoms with E-state index in [1.165, 1.54) is 16.7 Å². The molecule has 1 aromatic carbocycles. The molecule has 0 atom stereocenters. The lowest BCUT2D eigenvalue weighted by molar-refractivity contribution is 0.337. The average molecular weight is 193 g/mol. The van der Waals surface area contributed by atoms with Gasteiger partial charge in [0.15, 0.2) is 0 Å². The van der Waals surface area contributed by atoms with Crippen molar-refractivity contribution in [2.45, 2.75) is 27.2 Å². The normalized spacial score (nSPS) is 10.3. The van der Waals surface area contributed by atoms with Gasteiger partial charge < -0.3 is 10.5 Å². The average Bonchev–Trinajstić information content (AvgIpc) is 2.14. The van der Waals surface area contributed by atoms with Crippen molar-refractivity contribution in [2.24, 2.45) is 5.73 Å². The predicted octanol–water partition coefficient (Wildman–Crippen LogP) is 2.20. The van der Waals surface area contributed by atoms with Crippen LogP contribution in [0.25, 0.3) is 0 Å². The SMILES string of the molecule is CCOc1cc(C)c(CCN)cc1C. The van der Waals surface area contributed by atoms with E-state index in [-0.39, 0.29) is 0 Å². The van der Waals surface area contributed by atoms with Crippen LogP contribution in [-0.2, 0) is 6.42 Å². The summed E-state index contributed by atoms with van der Waals surface area (Å²) in [6.07, 6.45) is 0.944. The topological polar surface area (TPSA) is 35.2 Å². The van der Waals surface area contributed by atoms with Crippen molar-refractivity contribution in [1.82, 2.24) is 0 Å². The first-order valence-electron chi connectivity index (χ1n) is 5.12. The van der Waals surface area contributed by atoms with Crippen LogP contribution >= 0.6 is 0 Å². The summed E-state index contributed by atoms with van der Waals surface area (Å²) in [4.78, 5) is 0. The second kappa shape index (κ2) is 5.01. The maximum Gasteiger partial charge on any atom is 0.122 e. The fraction of sp³-hybridized carbons (Fsp3) is 0.500. The minimum absolute atomic E-state index is 0.703. The molecule has 0 amide bonds. The fourth-order valence-electron chi connectivity index (χ4n) is 1.59. The molecule has 0 spiro atoms. The Kier molecular flexibility index (Phi) is 3.96. The van der Waals surface area contributed by atoms with Gasteiger partial charge in [0.25, 0.3) is 0 Å². The summed E-state index contributed by atoms with van der Waals surface area (Å²) in [5.74, 6) is 0.991. The van der Waals surface area contributed by atoms with Crippen molar-refractivity contribution in [3.63, 3.8) is 0 Å². The Morgan fingerprint density at radius 3 is 2.50 bits per heavy atom. The van der Waals surface area contributed by atoms with Crippen molar-refractivity contribution < 1.29 is 4.74 Å². The molecule has 0 aliphatic rings. The van der Waals surface area contributed by atoms with Gasteiger partial charge in [0.05, 0.1) is 6.61 Å². The van der Waals surface area contributed by atoms with Gasteiger partial charge in [-0.2, -0.15) is 0 Å². The van der Waals surface area contributed by atoms with Gasteiger partial charge in [-0.1, -0.05) is 6.07 Å². The zero-order chi connectivity index (χ0) is 10.6. The first-order valence-corrected chi connectivity index (χ1v) is 5.12. The molecule has 0 fully saturated rings. The lowest BCUT2D eigenvalue weighted by Gasteiger charge is -2.11. The number of benzene rings is 1. The molecule has 2 nitrogen and oxygen atoms in total. The van der Waals surface area contributed by atoms with Crippen LogP contribution in [0.2, 0.25) is 0 Å². The summed E-state index contributed by atoms with van der Waals surface area (Å²) in [5, 5.41) is 0. The summed E-state index contributed by atoms with van der Waals surface area (Å²) < 4.78 is 5.52. The largest absolute Gasteiger partial charge is 0.494 e. The first-order chi connectivity index (χ1) is 6.69. The Hall–Kier alpha value is -1.02. The molecular weight excluding hydrogens is 174 g/mol. The Morgan fingerprint density at radius 1 is 1.21 bits per heavy atom. The van der Waals surface area contributed by atoms with Crippen molar-refractivity contribution in [3.05, 3.63) is 28.8 Å². The molecule has 14 heavy (non-hydrogen) atoms. The molecular formula is C12H19NO. The second-order valence-electron chi connectivity index (χ2n) is 3.52. The quantitative estimate of drug-likeness (QED) is 0.795. The van der Waals surface area contributed by atoms with Crippen molar-refractivity contribution >= 4 is 0 Å². The maximum absolute atomic E-state index is 5.54. The molecule has 2 N–H and O–H groups in total. The van der Waals surface area contributed by atoms with Crippen LogP contribution in [0.4, 0.5) is 0 Å². The van der Waals surface area contributed by atoms with Crippen LogP contribution in [0.3, 0.4) is 0 Å². The monoisotopic (exact) mass is 193 g/mol. The number of ether oxygens (including phenoxy) is 1. The van der Waals surface area contributed by atoms with Crippen LogP contribution in [0.1, 0.15) is 23.6 Å². The van der Waals surface area contributed by atoms with E-state index in [9.17, 15) is 0 Å². The fourth-order valence-corrected chi connectivity index (χ4v) is 1.59. The number of hydrogen-bond donors (Lipinski definition) is 1. The Balaban J connectivity index is 2.97. The van der Waals surface area contributed by atoms with Gasteiger partial charge >= 0.3 is 0 Å². The van der Waals surface area contributed by atoms with Crippen LogP contribution in [-0.4, -0.2) is 13.2 Å². The standard InChI is InChI=1S/C12H19NO/c1-4-14-12-8-9(2)11(5-6-13)7-10(12)3/h7-8H,4-6,13H2,1-3H3. The van der Waals surface area contributed by atoms with Crippen molar-refractivity contribution in [1.29, 1.82) is 0 Å². The van der Waals surface area contributed by atoms with E-state index in [0.717, 1.165) is 18.8 Å². The number of hydrogen-bond acceptors (Lipinski definition) is 2. The molecule has 1 rings (SSSR count). The summed E-state index contributed by atoms with van der Waals surface area (Å²) in [6.45, 7) is 7.60. The highest BCUT2D eigenvalue weighted by Crippen LogP contribution is 2.22. The molecule has 0 aliphatic carbocycles. The number of rotatable bonds is 4. The van der Waals surface area contributed by atoms with E-state index in [0.29, 0.717) is 6.54 Å². The molecule has 1 aromatic rings. The molecule has 0 heterocycles. The first kappa shape index (κ1) is 11.1. The smallest absolute Gasteiger partial charge is 0.122 e. The zero-order valence-corrected chi connectivity index (χ0v) is 9.26. The van der Waals surface area contributed by atoms with E-state index in [1.807, 2.05) is 6.92 Å². The molecule has 0 saturated carbocycles. The van der Waals surface area contributed by atoms with E-state index < -0.39 is 0 Å². The van der Waals surface area contributed by atoms with Crippen molar-refractivity contribution in [2.75, 3.05) is 13.2 Å². The summed E-state index contributed by atoms with van der Waals surface area (Å²) in [5.41, 5.74) is 9.34. The van der Waals surface area contributed by atoms with Gasteiger partial charge in [0, 0.05) is 0 Å². The van der Waals surface area contributed by atoms with E-state index in [1.54, 1.807) is 0 Å². The van der Waals surface area contributed by atoms with E-state index >= 15 is 0 Å². The molecule has 0 bridgehead atoms. The van der Waals surface area contributed by atoms with E-state index in [2.05, 4.69) is 26.0 Å². The highest BCUT2D eigenvalue weighted by Gasteiger charge is 2.04. The lowest BCUT2D eigenvalue weighted by atomic mass is 10.0. The van der Waals surface area contributed by atoms with Gasteiger partial charge in [-0.05, 0) is 56.5 Å². The van der Waals surface area contributed by atoms with E-state index in [4.69, 9.17) is 10.5 Å². The molecule has 0 aromatic heterocycles. The van der Waals surface area contributed by atoms with Crippen LogP contribution in [0.15, 0.2) is 12.1 Å². The Labute approximate surface area is 86.1 Å². The molecule has 78 valence electrons. The van der Waals surface area contributed by atoms with Crippen LogP contribution in [0.5, 0.6) is 5.75 Å². The molecule has 0 aliphatic heterocycles. The predicted molar refractivity (Wildman–Crippen MR) is 59.8 cm³/mol. The summed E-state index contributed by atoms with van der Waals surface area (Å²) >= 11 is 0. The van der Waals surface area contributed by atoms with Crippen LogP contribution in [0, 0.1) is 13.8 Å². The second-order valence-corrected chi connectivity index (χ2v) is 3.52. The summed E-state index contributed by atoms with van der Waals surface area (Å²) in [7, 11) is 0. The van der Waals surface area contributed by atoms with Gasteiger partial charge in [-0.25, -0.2) is 0 Å². The van der Waals surface area contributed by atoms with Gasteiger partial charge in [-0.15, -0.1) is 0 Å². The Bertz CT molecular complexity index is 276. The molecule has 0 unspecified atom stereocenters. The van der Waals surface area contributed by atoms with Crippen molar-refractivity contribution in [3.8, 4) is 5.75 Å².